The van der Waals surface area contributed by atoms with Gasteiger partial charge in [-0.25, -0.2) is 4.39 Å². The van der Waals surface area contributed by atoms with E-state index in [-0.39, 0.29) is 5.82 Å². The molecule has 1 heterocycles. The summed E-state index contributed by atoms with van der Waals surface area (Å²) < 4.78 is 16.4. The van der Waals surface area contributed by atoms with Gasteiger partial charge in [-0.2, -0.15) is 0 Å². The molecule has 0 atom stereocenters. The monoisotopic (exact) mass is 723 g/mol. The highest BCUT2D eigenvalue weighted by molar-refractivity contribution is 7.27. The minimum Gasteiger partial charge on any atom is -0.309 e. The Kier molecular flexibility index (Phi) is 8.28. The lowest BCUT2D eigenvalue weighted by molar-refractivity contribution is 0.628. The van der Waals surface area contributed by atoms with Crippen LogP contribution in [0.5, 0.6) is 0 Å². The highest BCUT2D eigenvalue weighted by Gasteiger charge is 2.21. The molecule has 0 saturated carbocycles. The van der Waals surface area contributed by atoms with Crippen molar-refractivity contribution >= 4 is 59.3 Å². The maximum Gasteiger partial charge on any atom is 0.123 e. The van der Waals surface area contributed by atoms with E-state index >= 15 is 0 Å². The highest BCUT2D eigenvalue weighted by Crippen LogP contribution is 2.48. The van der Waals surface area contributed by atoms with Crippen LogP contribution in [0.2, 0.25) is 0 Å². The van der Waals surface area contributed by atoms with E-state index in [1.807, 2.05) is 12.1 Å². The van der Waals surface area contributed by atoms with Crippen molar-refractivity contribution in [2.24, 2.45) is 0 Å². The van der Waals surface area contributed by atoms with Crippen molar-refractivity contribution in [2.75, 3.05) is 4.90 Å². The predicted molar refractivity (Wildman–Crippen MR) is 233 cm³/mol. The summed E-state index contributed by atoms with van der Waals surface area (Å²) >= 11 is 1.80. The SMILES string of the molecule is Fc1ccc(-c2cccc3c2sc2c(N(c4ccc(-c5ccc6ccccc6c5)cc4)c4ccc(-c5ccccc5)c(-c5ccccc5)c4)cccc23)cc1. The van der Waals surface area contributed by atoms with Gasteiger partial charge in [-0.1, -0.05) is 158 Å². The number of hydrogen-bond acceptors (Lipinski definition) is 2. The van der Waals surface area contributed by atoms with Gasteiger partial charge in [-0.3, -0.25) is 0 Å². The Morgan fingerprint density at radius 2 is 0.927 bits per heavy atom. The molecule has 0 bridgehead atoms. The lowest BCUT2D eigenvalue weighted by Gasteiger charge is -2.27. The molecule has 0 N–H and O–H groups in total. The van der Waals surface area contributed by atoms with Crippen molar-refractivity contribution in [3.8, 4) is 44.5 Å². The number of rotatable bonds is 7. The number of thiophene rings is 1. The van der Waals surface area contributed by atoms with E-state index in [0.717, 1.165) is 28.2 Å². The van der Waals surface area contributed by atoms with Crippen LogP contribution in [0, 0.1) is 5.82 Å². The zero-order chi connectivity index (χ0) is 36.7. The average molecular weight is 724 g/mol. The summed E-state index contributed by atoms with van der Waals surface area (Å²) in [6.07, 6.45) is 0. The van der Waals surface area contributed by atoms with Crippen molar-refractivity contribution in [2.45, 2.75) is 0 Å². The normalized spacial score (nSPS) is 11.4. The molecule has 0 aliphatic heterocycles. The molecular weight excluding hydrogens is 690 g/mol. The molecule has 260 valence electrons. The molecule has 1 aromatic heterocycles. The average Bonchev–Trinajstić information content (AvgIpc) is 3.65. The molecule has 3 heteroatoms. The van der Waals surface area contributed by atoms with E-state index in [0.29, 0.717) is 0 Å². The zero-order valence-corrected chi connectivity index (χ0v) is 30.7. The molecule has 0 aliphatic rings. The van der Waals surface area contributed by atoms with Crippen LogP contribution in [0.15, 0.2) is 206 Å². The predicted octanol–water partition coefficient (Wildman–Crippen LogP) is 15.5. The molecule has 0 spiro atoms. The first kappa shape index (κ1) is 32.8. The fourth-order valence-corrected chi connectivity index (χ4v) is 9.17. The van der Waals surface area contributed by atoms with Crippen LogP contribution in [-0.4, -0.2) is 0 Å². The summed E-state index contributed by atoms with van der Waals surface area (Å²) in [5.74, 6) is -0.231. The topological polar surface area (TPSA) is 3.24 Å². The summed E-state index contributed by atoms with van der Waals surface area (Å²) in [5.41, 5.74) is 12.4. The van der Waals surface area contributed by atoms with Crippen LogP contribution in [-0.2, 0) is 0 Å². The third kappa shape index (κ3) is 6.05. The Labute approximate surface area is 323 Å². The minimum absolute atomic E-state index is 0.231. The van der Waals surface area contributed by atoms with E-state index in [2.05, 4.69) is 187 Å². The smallest absolute Gasteiger partial charge is 0.123 e. The second-order valence-corrected chi connectivity index (χ2v) is 14.9. The highest BCUT2D eigenvalue weighted by atomic mass is 32.1. The van der Waals surface area contributed by atoms with Gasteiger partial charge < -0.3 is 4.90 Å². The Hall–Kier alpha value is -6.81. The van der Waals surface area contributed by atoms with E-state index < -0.39 is 0 Å². The van der Waals surface area contributed by atoms with Crippen molar-refractivity contribution in [1.82, 2.24) is 0 Å². The number of halogens is 1. The van der Waals surface area contributed by atoms with Crippen molar-refractivity contribution in [1.29, 1.82) is 0 Å². The summed E-state index contributed by atoms with van der Waals surface area (Å²) in [7, 11) is 0. The quantitative estimate of drug-likeness (QED) is 0.158. The molecule has 0 unspecified atom stereocenters. The molecular formula is C52H34FNS. The standard InChI is InChI=1S/C52H34FNS/c53-42-27-23-39(24-28-42)46-17-9-18-47-48-19-10-20-50(52(48)55-51(46)47)54(43-29-25-36(26-30-43)41-22-21-35-11-7-8-16-40(35)33-41)44-31-32-45(37-12-3-1-4-13-37)49(34-44)38-14-5-2-6-15-38/h1-34H. The van der Waals surface area contributed by atoms with E-state index in [1.165, 1.54) is 64.3 Å². The van der Waals surface area contributed by atoms with Crippen LogP contribution in [0.4, 0.5) is 21.5 Å². The first-order valence-electron chi connectivity index (χ1n) is 18.5. The van der Waals surface area contributed by atoms with Crippen LogP contribution in [0.1, 0.15) is 0 Å². The number of nitrogens with zero attached hydrogens (tertiary/aromatic N) is 1. The third-order valence-electron chi connectivity index (χ3n) is 10.5. The summed E-state index contributed by atoms with van der Waals surface area (Å²) in [6.45, 7) is 0. The Morgan fingerprint density at radius 1 is 0.345 bits per heavy atom. The third-order valence-corrected chi connectivity index (χ3v) is 11.8. The van der Waals surface area contributed by atoms with Gasteiger partial charge in [0.05, 0.1) is 10.4 Å². The van der Waals surface area contributed by atoms with Gasteiger partial charge >= 0.3 is 0 Å². The van der Waals surface area contributed by atoms with Crippen molar-refractivity contribution in [3.05, 3.63) is 212 Å². The molecule has 10 aromatic rings. The van der Waals surface area contributed by atoms with Crippen LogP contribution >= 0.6 is 11.3 Å². The van der Waals surface area contributed by atoms with E-state index in [1.54, 1.807) is 23.5 Å². The number of fused-ring (bicyclic) bond motifs is 4. The fraction of sp³-hybridized carbons (Fsp3) is 0. The molecule has 1 nitrogen and oxygen atoms in total. The summed E-state index contributed by atoms with van der Waals surface area (Å²) in [5, 5.41) is 4.86. The van der Waals surface area contributed by atoms with Gasteiger partial charge in [0.1, 0.15) is 5.82 Å². The molecule has 0 saturated heterocycles. The molecule has 0 amide bonds. The zero-order valence-electron chi connectivity index (χ0n) is 29.9. The minimum atomic E-state index is -0.231. The number of benzene rings is 9. The molecule has 55 heavy (non-hydrogen) atoms. The lowest BCUT2D eigenvalue weighted by Crippen LogP contribution is -2.10. The van der Waals surface area contributed by atoms with E-state index in [4.69, 9.17) is 0 Å². The second-order valence-electron chi connectivity index (χ2n) is 13.9. The summed E-state index contributed by atoms with van der Waals surface area (Å²) in [6, 6.07) is 72.2. The first-order chi connectivity index (χ1) is 27.2. The number of anilines is 3. The van der Waals surface area contributed by atoms with Crippen molar-refractivity contribution < 1.29 is 4.39 Å². The fourth-order valence-electron chi connectivity index (χ4n) is 7.83. The Morgan fingerprint density at radius 3 is 1.67 bits per heavy atom. The largest absolute Gasteiger partial charge is 0.309 e. The lowest BCUT2D eigenvalue weighted by atomic mass is 9.93. The second kappa shape index (κ2) is 13.9. The Bertz CT molecular complexity index is 2970. The first-order valence-corrected chi connectivity index (χ1v) is 19.3. The maximum absolute atomic E-state index is 14.0. The Balaban J connectivity index is 1.18. The van der Waals surface area contributed by atoms with Gasteiger partial charge in [0.2, 0.25) is 0 Å². The van der Waals surface area contributed by atoms with Crippen molar-refractivity contribution in [3.63, 3.8) is 0 Å². The van der Waals surface area contributed by atoms with Crippen LogP contribution in [0.25, 0.3) is 75.5 Å². The van der Waals surface area contributed by atoms with Gasteiger partial charge in [-0.15, -0.1) is 11.3 Å². The number of hydrogen-bond donors (Lipinski definition) is 0. The summed E-state index contributed by atoms with van der Waals surface area (Å²) in [4.78, 5) is 2.40. The van der Waals surface area contributed by atoms with Gasteiger partial charge in [0.25, 0.3) is 0 Å². The molecule has 9 aromatic carbocycles. The molecule has 0 aliphatic carbocycles. The molecule has 0 radical (unpaired) electrons. The maximum atomic E-state index is 14.0. The van der Waals surface area contributed by atoms with Gasteiger partial charge in [0, 0.05) is 26.8 Å². The molecule has 0 fully saturated rings. The van der Waals surface area contributed by atoms with Crippen LogP contribution in [0.3, 0.4) is 0 Å². The van der Waals surface area contributed by atoms with E-state index in [9.17, 15) is 4.39 Å². The van der Waals surface area contributed by atoms with Gasteiger partial charge in [-0.05, 0) is 104 Å². The molecule has 10 rings (SSSR count). The van der Waals surface area contributed by atoms with Gasteiger partial charge in [0.15, 0.2) is 0 Å². The van der Waals surface area contributed by atoms with Crippen LogP contribution < -0.4 is 4.90 Å².